The van der Waals surface area contributed by atoms with E-state index in [1.165, 1.54) is 14.8 Å². The quantitative estimate of drug-likeness (QED) is 0.447. The van der Waals surface area contributed by atoms with Crippen molar-refractivity contribution < 1.29 is 26.4 Å². The molecule has 0 N–H and O–H groups in total. The van der Waals surface area contributed by atoms with Crippen molar-refractivity contribution in [3.8, 4) is 11.5 Å². The van der Waals surface area contributed by atoms with E-state index < -0.39 is 22.5 Å². The van der Waals surface area contributed by atoms with Crippen LogP contribution in [0.3, 0.4) is 0 Å². The van der Waals surface area contributed by atoms with Gasteiger partial charge in [0.1, 0.15) is 0 Å². The number of benzene rings is 1. The summed E-state index contributed by atoms with van der Waals surface area (Å²) < 4.78 is 66.2. The fraction of sp³-hybridized carbons (Fsp3) is 0.435. The molecule has 0 bridgehead atoms. The molecule has 2 aliphatic heterocycles. The number of anilines is 1. The van der Waals surface area contributed by atoms with Crippen molar-refractivity contribution in [3.63, 3.8) is 0 Å². The van der Waals surface area contributed by atoms with E-state index in [1.54, 1.807) is 18.2 Å². The molecular formula is C23H26F2N6O4S. The van der Waals surface area contributed by atoms with Crippen LogP contribution in [0, 0.1) is 6.92 Å². The predicted octanol–water partition coefficient (Wildman–Crippen LogP) is 2.65. The van der Waals surface area contributed by atoms with Crippen LogP contribution in [-0.2, 0) is 21.5 Å². The van der Waals surface area contributed by atoms with Crippen molar-refractivity contribution in [2.24, 2.45) is 0 Å². The minimum absolute atomic E-state index is 0.00510. The summed E-state index contributed by atoms with van der Waals surface area (Å²) in [6, 6.07) is 10.9. The van der Waals surface area contributed by atoms with Crippen molar-refractivity contribution in [3.05, 3.63) is 59.7 Å². The number of aryl methyl sites for hydroxylation is 1. The number of halogens is 2. The zero-order valence-corrected chi connectivity index (χ0v) is 20.4. The molecule has 192 valence electrons. The van der Waals surface area contributed by atoms with Gasteiger partial charge in [-0.15, -0.1) is 10.2 Å². The Hall–Kier alpha value is -3.00. The van der Waals surface area contributed by atoms with E-state index in [0.29, 0.717) is 62.4 Å². The molecule has 5 rings (SSSR count). The number of ether oxygens (including phenoxy) is 1. The van der Waals surface area contributed by atoms with E-state index >= 15 is 0 Å². The molecule has 0 atom stereocenters. The van der Waals surface area contributed by atoms with Gasteiger partial charge in [-0.25, -0.2) is 0 Å². The van der Waals surface area contributed by atoms with Crippen LogP contribution in [0.5, 0.6) is 0 Å². The standard InChI is InChI=1S/C23H26F2N6O4S/c1-16-3-2-4-19(11-16)31(36(32,33)30-9-7-29(8-10-30)20-14-34-15-20)13-18-6-5-17(12-26-18)22-27-28-23(35-22)21(24)25/h2-6,11-12,20-21H,7-10,13-15H2,1H3. The maximum absolute atomic E-state index is 13.8. The van der Waals surface area contributed by atoms with Crippen LogP contribution >= 0.6 is 0 Å². The highest BCUT2D eigenvalue weighted by atomic mass is 32.2. The number of pyridine rings is 1. The summed E-state index contributed by atoms with van der Waals surface area (Å²) in [5, 5.41) is 6.95. The maximum atomic E-state index is 13.8. The molecule has 0 amide bonds. The lowest BCUT2D eigenvalue weighted by Gasteiger charge is -2.43. The molecule has 0 spiro atoms. The lowest BCUT2D eigenvalue weighted by molar-refractivity contribution is -0.0721. The second-order valence-corrected chi connectivity index (χ2v) is 10.6. The largest absolute Gasteiger partial charge is 0.415 e. The number of piperazine rings is 1. The summed E-state index contributed by atoms with van der Waals surface area (Å²) in [5.74, 6) is -0.849. The number of rotatable bonds is 8. The van der Waals surface area contributed by atoms with Crippen molar-refractivity contribution in [2.75, 3.05) is 43.7 Å². The zero-order valence-electron chi connectivity index (χ0n) is 19.6. The van der Waals surface area contributed by atoms with Crippen LogP contribution in [0.25, 0.3) is 11.5 Å². The molecule has 13 heteroatoms. The first-order chi connectivity index (χ1) is 17.3. The average molecular weight is 521 g/mol. The van der Waals surface area contributed by atoms with Gasteiger partial charge in [-0.05, 0) is 36.8 Å². The lowest BCUT2D eigenvalue weighted by Crippen LogP contribution is -2.59. The van der Waals surface area contributed by atoms with Crippen molar-refractivity contribution >= 4 is 15.9 Å². The van der Waals surface area contributed by atoms with Gasteiger partial charge in [0.2, 0.25) is 5.89 Å². The summed E-state index contributed by atoms with van der Waals surface area (Å²) in [5.41, 5.74) is 2.30. The summed E-state index contributed by atoms with van der Waals surface area (Å²) in [6.45, 7) is 5.34. The summed E-state index contributed by atoms with van der Waals surface area (Å²) in [6.07, 6.45) is -1.46. The third-order valence-corrected chi connectivity index (χ3v) is 8.22. The SMILES string of the molecule is Cc1cccc(N(Cc2ccc(-c3nnc(C(F)F)o3)cn2)S(=O)(=O)N2CCN(C3COC3)CC2)c1. The molecule has 0 saturated carbocycles. The third-order valence-electron chi connectivity index (χ3n) is 6.31. The molecule has 0 radical (unpaired) electrons. The third kappa shape index (κ3) is 5.09. The van der Waals surface area contributed by atoms with Crippen LogP contribution < -0.4 is 4.31 Å². The number of alkyl halides is 2. The van der Waals surface area contributed by atoms with Gasteiger partial charge in [0.25, 0.3) is 5.89 Å². The van der Waals surface area contributed by atoms with Crippen molar-refractivity contribution in [2.45, 2.75) is 25.9 Å². The fourth-order valence-electron chi connectivity index (χ4n) is 4.19. The van der Waals surface area contributed by atoms with Gasteiger partial charge < -0.3 is 9.15 Å². The molecule has 2 aliphatic rings. The Morgan fingerprint density at radius 1 is 1.11 bits per heavy atom. The maximum Gasteiger partial charge on any atom is 0.314 e. The van der Waals surface area contributed by atoms with Crippen LogP contribution in [0.1, 0.15) is 23.6 Å². The topological polar surface area (TPSA) is 105 Å². The van der Waals surface area contributed by atoms with Crippen molar-refractivity contribution in [1.82, 2.24) is 24.4 Å². The second kappa shape index (κ2) is 10.2. The smallest absolute Gasteiger partial charge is 0.314 e. The van der Waals surface area contributed by atoms with Gasteiger partial charge in [-0.1, -0.05) is 12.1 Å². The first kappa shape index (κ1) is 24.7. The van der Waals surface area contributed by atoms with Crippen LogP contribution in [0.2, 0.25) is 0 Å². The molecule has 1 aromatic carbocycles. The highest BCUT2D eigenvalue weighted by Gasteiger charge is 2.36. The monoisotopic (exact) mass is 520 g/mol. The minimum Gasteiger partial charge on any atom is -0.415 e. The molecular weight excluding hydrogens is 494 g/mol. The van der Waals surface area contributed by atoms with Crippen LogP contribution in [0.4, 0.5) is 14.5 Å². The second-order valence-electron chi connectivity index (χ2n) is 8.76. The van der Waals surface area contributed by atoms with Gasteiger partial charge in [-0.3, -0.25) is 14.2 Å². The number of hydrogen-bond donors (Lipinski definition) is 0. The van der Waals surface area contributed by atoms with Crippen molar-refractivity contribution in [1.29, 1.82) is 0 Å². The zero-order chi connectivity index (χ0) is 25.3. The van der Waals surface area contributed by atoms with Crippen LogP contribution in [-0.4, -0.2) is 78.2 Å². The van der Waals surface area contributed by atoms with E-state index in [2.05, 4.69) is 20.1 Å². The van der Waals surface area contributed by atoms with Gasteiger partial charge in [0, 0.05) is 32.4 Å². The molecule has 2 fully saturated rings. The van der Waals surface area contributed by atoms with Gasteiger partial charge >= 0.3 is 16.6 Å². The van der Waals surface area contributed by atoms with Crippen LogP contribution in [0.15, 0.2) is 47.0 Å². The molecule has 4 heterocycles. The fourth-order valence-corrected chi connectivity index (χ4v) is 5.77. The molecule has 2 saturated heterocycles. The molecule has 36 heavy (non-hydrogen) atoms. The Labute approximate surface area is 207 Å². The molecule has 2 aromatic heterocycles. The average Bonchev–Trinajstić information content (AvgIpc) is 3.33. The highest BCUT2D eigenvalue weighted by molar-refractivity contribution is 7.90. The first-order valence-electron chi connectivity index (χ1n) is 11.5. The van der Waals surface area contributed by atoms with E-state index in [4.69, 9.17) is 9.15 Å². The van der Waals surface area contributed by atoms with E-state index in [9.17, 15) is 17.2 Å². The number of aromatic nitrogens is 3. The minimum atomic E-state index is -3.85. The van der Waals surface area contributed by atoms with Gasteiger partial charge in [-0.2, -0.15) is 21.5 Å². The van der Waals surface area contributed by atoms with Gasteiger partial charge in [0.05, 0.1) is 42.7 Å². The summed E-state index contributed by atoms with van der Waals surface area (Å²) in [4.78, 5) is 6.62. The Morgan fingerprint density at radius 3 is 2.47 bits per heavy atom. The van der Waals surface area contributed by atoms with E-state index in [1.807, 2.05) is 25.1 Å². The molecule has 0 unspecified atom stereocenters. The predicted molar refractivity (Wildman–Crippen MR) is 127 cm³/mol. The van der Waals surface area contributed by atoms with E-state index in [-0.39, 0.29) is 12.4 Å². The lowest BCUT2D eigenvalue weighted by atomic mass is 10.2. The Balaban J connectivity index is 1.37. The summed E-state index contributed by atoms with van der Waals surface area (Å²) in [7, 11) is -3.85. The highest BCUT2D eigenvalue weighted by Crippen LogP contribution is 2.27. The van der Waals surface area contributed by atoms with E-state index in [0.717, 1.165) is 5.56 Å². The van der Waals surface area contributed by atoms with Gasteiger partial charge in [0.15, 0.2) is 0 Å². The Morgan fingerprint density at radius 2 is 1.89 bits per heavy atom. The normalized spacial score (nSPS) is 17.9. The Bertz CT molecular complexity index is 1290. The number of nitrogens with zero attached hydrogens (tertiary/aromatic N) is 6. The number of hydrogen-bond acceptors (Lipinski definition) is 8. The molecule has 3 aromatic rings. The molecule has 10 nitrogen and oxygen atoms in total. The Kier molecular flexibility index (Phi) is 6.97. The molecule has 0 aliphatic carbocycles. The first-order valence-corrected chi connectivity index (χ1v) is 12.9. The summed E-state index contributed by atoms with van der Waals surface area (Å²) >= 11 is 0.